The van der Waals surface area contributed by atoms with Crippen molar-refractivity contribution in [2.24, 2.45) is 4.99 Å². The highest BCUT2D eigenvalue weighted by Gasteiger charge is 2.30. The zero-order chi connectivity index (χ0) is 22.1. The van der Waals surface area contributed by atoms with Crippen molar-refractivity contribution in [1.82, 2.24) is 15.5 Å². The number of hydrogen-bond donors (Lipinski definition) is 2. The Kier molecular flexibility index (Phi) is 10.7. The number of benzene rings is 2. The van der Waals surface area contributed by atoms with Crippen LogP contribution in [0.15, 0.2) is 53.5 Å². The van der Waals surface area contributed by atoms with Crippen LogP contribution in [0.3, 0.4) is 0 Å². The first-order valence-corrected chi connectivity index (χ1v) is 10.5. The van der Waals surface area contributed by atoms with Gasteiger partial charge in [-0.15, -0.1) is 24.0 Å². The number of morpholine rings is 1. The van der Waals surface area contributed by atoms with E-state index in [1.54, 1.807) is 6.07 Å². The van der Waals surface area contributed by atoms with E-state index in [0.717, 1.165) is 45.0 Å². The van der Waals surface area contributed by atoms with Crippen LogP contribution in [0.1, 0.15) is 29.2 Å². The van der Waals surface area contributed by atoms with Crippen LogP contribution < -0.4 is 10.6 Å². The lowest BCUT2D eigenvalue weighted by Gasteiger charge is -2.27. The molecule has 2 aromatic rings. The van der Waals surface area contributed by atoms with Crippen molar-refractivity contribution < 1.29 is 17.9 Å². The maximum atomic E-state index is 12.9. The first kappa shape index (κ1) is 26.4. The third-order valence-electron chi connectivity index (χ3n) is 5.08. The number of hydrogen-bond acceptors (Lipinski definition) is 3. The summed E-state index contributed by atoms with van der Waals surface area (Å²) in [5.74, 6) is 0.570. The molecule has 1 aliphatic heterocycles. The molecule has 1 fully saturated rings. The second kappa shape index (κ2) is 13.0. The summed E-state index contributed by atoms with van der Waals surface area (Å²) in [6.07, 6.45) is -4.35. The minimum Gasteiger partial charge on any atom is -0.379 e. The maximum absolute atomic E-state index is 12.9. The summed E-state index contributed by atoms with van der Waals surface area (Å²) in [6, 6.07) is 13.5. The van der Waals surface area contributed by atoms with Crippen molar-refractivity contribution in [3.05, 3.63) is 70.8 Å². The van der Waals surface area contributed by atoms with Crippen molar-refractivity contribution in [1.29, 1.82) is 0 Å². The van der Waals surface area contributed by atoms with Crippen molar-refractivity contribution in [2.75, 3.05) is 32.8 Å². The van der Waals surface area contributed by atoms with Crippen LogP contribution in [0, 0.1) is 0 Å². The second-order valence-corrected chi connectivity index (χ2v) is 7.40. The summed E-state index contributed by atoms with van der Waals surface area (Å²) in [5.41, 5.74) is 2.26. The van der Waals surface area contributed by atoms with Gasteiger partial charge >= 0.3 is 6.18 Å². The molecule has 0 bridgehead atoms. The SMILES string of the molecule is CCNC(=NCc1cccc(C(F)(F)F)c1)NCc1ccccc1CN1CCOCC1.I. The first-order chi connectivity index (χ1) is 15.0. The molecule has 2 N–H and O–H groups in total. The van der Waals surface area contributed by atoms with Gasteiger partial charge in [-0.25, -0.2) is 4.99 Å². The number of aliphatic imine (C=N–C) groups is 1. The molecule has 0 aliphatic carbocycles. The molecule has 176 valence electrons. The van der Waals surface area contributed by atoms with E-state index in [2.05, 4.69) is 32.7 Å². The number of ether oxygens (including phenoxy) is 1. The average molecular weight is 562 g/mol. The lowest BCUT2D eigenvalue weighted by Crippen LogP contribution is -2.38. The van der Waals surface area contributed by atoms with E-state index in [1.165, 1.54) is 17.2 Å². The molecule has 0 aromatic heterocycles. The van der Waals surface area contributed by atoms with Crippen LogP contribution in [0.5, 0.6) is 0 Å². The molecule has 0 amide bonds. The van der Waals surface area contributed by atoms with Crippen LogP contribution in [0.2, 0.25) is 0 Å². The molecular formula is C23H30F3IN4O. The molecule has 3 rings (SSSR count). The number of halogens is 4. The van der Waals surface area contributed by atoms with E-state index in [0.29, 0.717) is 24.6 Å². The molecule has 0 saturated carbocycles. The van der Waals surface area contributed by atoms with Crippen LogP contribution in [-0.4, -0.2) is 43.7 Å². The molecule has 0 spiro atoms. The Labute approximate surface area is 204 Å². The Hall–Kier alpha value is -1.85. The summed E-state index contributed by atoms with van der Waals surface area (Å²) < 4.78 is 44.2. The molecule has 5 nitrogen and oxygen atoms in total. The fourth-order valence-electron chi connectivity index (χ4n) is 3.42. The van der Waals surface area contributed by atoms with Crippen LogP contribution in [0.4, 0.5) is 13.2 Å². The quantitative estimate of drug-likeness (QED) is 0.299. The van der Waals surface area contributed by atoms with Crippen LogP contribution >= 0.6 is 24.0 Å². The normalized spacial score (nSPS) is 15.2. The van der Waals surface area contributed by atoms with Gasteiger partial charge in [-0.1, -0.05) is 36.4 Å². The summed E-state index contributed by atoms with van der Waals surface area (Å²) in [5, 5.41) is 6.46. The minimum absolute atomic E-state index is 0. The van der Waals surface area contributed by atoms with E-state index in [-0.39, 0.29) is 30.5 Å². The fourth-order valence-corrected chi connectivity index (χ4v) is 3.42. The fraction of sp³-hybridized carbons (Fsp3) is 0.435. The molecule has 9 heteroatoms. The zero-order valence-corrected chi connectivity index (χ0v) is 20.5. The van der Waals surface area contributed by atoms with Gasteiger partial charge in [-0.05, 0) is 35.7 Å². The zero-order valence-electron chi connectivity index (χ0n) is 18.1. The number of rotatable bonds is 7. The van der Waals surface area contributed by atoms with E-state index >= 15 is 0 Å². The molecule has 1 heterocycles. The highest BCUT2D eigenvalue weighted by molar-refractivity contribution is 14.0. The van der Waals surface area contributed by atoms with Gasteiger partial charge in [-0.3, -0.25) is 4.90 Å². The van der Waals surface area contributed by atoms with Crippen molar-refractivity contribution >= 4 is 29.9 Å². The summed E-state index contributed by atoms with van der Waals surface area (Å²) in [4.78, 5) is 6.84. The number of alkyl halides is 3. The lowest BCUT2D eigenvalue weighted by atomic mass is 10.1. The predicted molar refractivity (Wildman–Crippen MR) is 131 cm³/mol. The minimum atomic E-state index is -4.35. The Morgan fingerprint density at radius 1 is 1.03 bits per heavy atom. The number of nitrogens with one attached hydrogen (secondary N) is 2. The average Bonchev–Trinajstić information content (AvgIpc) is 2.77. The van der Waals surface area contributed by atoms with E-state index in [1.807, 2.05) is 19.1 Å². The van der Waals surface area contributed by atoms with Crippen LogP contribution in [0.25, 0.3) is 0 Å². The number of nitrogens with zero attached hydrogens (tertiary/aromatic N) is 2. The van der Waals surface area contributed by atoms with E-state index in [4.69, 9.17) is 4.74 Å². The third-order valence-corrected chi connectivity index (χ3v) is 5.08. The van der Waals surface area contributed by atoms with Gasteiger partial charge < -0.3 is 15.4 Å². The topological polar surface area (TPSA) is 48.9 Å². The number of guanidine groups is 1. The van der Waals surface area contributed by atoms with Crippen molar-refractivity contribution in [2.45, 2.75) is 32.7 Å². The molecule has 2 aromatic carbocycles. The van der Waals surface area contributed by atoms with Gasteiger partial charge in [0.05, 0.1) is 25.3 Å². The van der Waals surface area contributed by atoms with Crippen LogP contribution in [-0.2, 0) is 30.5 Å². The predicted octanol–water partition coefficient (Wildman–Crippen LogP) is 4.41. The molecule has 0 unspecified atom stereocenters. The Balaban J connectivity index is 0.00000363. The van der Waals surface area contributed by atoms with E-state index in [9.17, 15) is 13.2 Å². The summed E-state index contributed by atoms with van der Waals surface area (Å²) in [7, 11) is 0. The van der Waals surface area contributed by atoms with Gasteiger partial charge in [0.2, 0.25) is 0 Å². The van der Waals surface area contributed by atoms with Gasteiger partial charge in [0.1, 0.15) is 0 Å². The molecule has 1 aliphatic rings. The van der Waals surface area contributed by atoms with E-state index < -0.39 is 11.7 Å². The summed E-state index contributed by atoms with van der Waals surface area (Å²) in [6.45, 7) is 7.56. The van der Waals surface area contributed by atoms with Gasteiger partial charge in [0, 0.05) is 32.7 Å². The Bertz CT molecular complexity index is 870. The standard InChI is InChI=1S/C23H29F3N4O.HI/c1-2-27-22(28-15-18-6-5-9-21(14-18)23(24,25)26)29-16-19-7-3-4-8-20(19)17-30-10-12-31-13-11-30;/h3-9,14H,2,10-13,15-17H2,1H3,(H2,27,28,29);1H. The first-order valence-electron chi connectivity index (χ1n) is 10.5. The summed E-state index contributed by atoms with van der Waals surface area (Å²) >= 11 is 0. The molecule has 0 atom stereocenters. The maximum Gasteiger partial charge on any atom is 0.416 e. The third kappa shape index (κ3) is 8.25. The molecule has 1 saturated heterocycles. The van der Waals surface area contributed by atoms with Gasteiger partial charge in [0.25, 0.3) is 0 Å². The van der Waals surface area contributed by atoms with Gasteiger partial charge in [0.15, 0.2) is 5.96 Å². The highest BCUT2D eigenvalue weighted by Crippen LogP contribution is 2.29. The largest absolute Gasteiger partial charge is 0.416 e. The second-order valence-electron chi connectivity index (χ2n) is 7.40. The Morgan fingerprint density at radius 3 is 2.44 bits per heavy atom. The lowest BCUT2D eigenvalue weighted by molar-refractivity contribution is -0.137. The smallest absolute Gasteiger partial charge is 0.379 e. The highest BCUT2D eigenvalue weighted by atomic mass is 127. The van der Waals surface area contributed by atoms with Gasteiger partial charge in [-0.2, -0.15) is 13.2 Å². The molecule has 0 radical (unpaired) electrons. The molecular weight excluding hydrogens is 532 g/mol. The van der Waals surface area contributed by atoms with Crippen molar-refractivity contribution in [3.8, 4) is 0 Å². The Morgan fingerprint density at radius 2 is 1.75 bits per heavy atom. The monoisotopic (exact) mass is 562 g/mol. The van der Waals surface area contributed by atoms with Crippen molar-refractivity contribution in [3.63, 3.8) is 0 Å². The molecule has 32 heavy (non-hydrogen) atoms.